The highest BCUT2D eigenvalue weighted by molar-refractivity contribution is 8.00. The van der Waals surface area contributed by atoms with Gasteiger partial charge in [0.2, 0.25) is 5.91 Å². The number of thioether (sulfide) groups is 1. The maximum absolute atomic E-state index is 11.9. The van der Waals surface area contributed by atoms with Crippen LogP contribution in [0.3, 0.4) is 0 Å². The van der Waals surface area contributed by atoms with E-state index in [-0.39, 0.29) is 11.9 Å². The summed E-state index contributed by atoms with van der Waals surface area (Å²) in [5.41, 5.74) is 1.21. The molecule has 1 aromatic heterocycles. The van der Waals surface area contributed by atoms with E-state index >= 15 is 0 Å². The Morgan fingerprint density at radius 1 is 1.24 bits per heavy atom. The molecule has 1 heterocycles. The van der Waals surface area contributed by atoms with Crippen LogP contribution in [0, 0.1) is 0 Å². The highest BCUT2D eigenvalue weighted by atomic mass is 35.5. The summed E-state index contributed by atoms with van der Waals surface area (Å²) in [5.74, 6) is 0.130. The summed E-state index contributed by atoms with van der Waals surface area (Å²) in [6.07, 6.45) is 0. The summed E-state index contributed by atoms with van der Waals surface area (Å²) in [6, 6.07) is 15.0. The molecule has 2 aromatic carbocycles. The Morgan fingerprint density at radius 3 is 2.86 bits per heavy atom. The first-order valence-corrected chi connectivity index (χ1v) is 7.61. The molecule has 3 rings (SSSR count). The van der Waals surface area contributed by atoms with Crippen LogP contribution in [-0.4, -0.2) is 16.6 Å². The van der Waals surface area contributed by atoms with E-state index in [2.05, 4.69) is 10.3 Å². The third-order valence-electron chi connectivity index (χ3n) is 2.71. The molecular weight excluding hydrogens is 308 g/mol. The van der Waals surface area contributed by atoms with Crippen molar-refractivity contribution < 1.29 is 9.21 Å². The molecular formula is C15H11ClN2O2S. The summed E-state index contributed by atoms with van der Waals surface area (Å²) in [6.45, 7) is 0. The molecule has 0 radical (unpaired) electrons. The smallest absolute Gasteiger partial charge is 0.302 e. The van der Waals surface area contributed by atoms with Crippen molar-refractivity contribution in [1.82, 2.24) is 4.98 Å². The average molecular weight is 319 g/mol. The number of hydrogen-bond donors (Lipinski definition) is 1. The first kappa shape index (κ1) is 14.0. The van der Waals surface area contributed by atoms with Gasteiger partial charge in [0.25, 0.3) is 0 Å². The number of nitrogens with one attached hydrogen (secondary N) is 1. The van der Waals surface area contributed by atoms with E-state index in [4.69, 9.17) is 16.0 Å². The minimum Gasteiger partial charge on any atom is -0.423 e. The first-order chi connectivity index (χ1) is 10.2. The number of aromatic nitrogens is 1. The maximum Gasteiger partial charge on any atom is 0.302 e. The number of halogens is 1. The molecule has 0 atom stereocenters. The fraction of sp³-hybridized carbons (Fsp3) is 0.0667. The lowest BCUT2D eigenvalue weighted by Crippen LogP contribution is -2.14. The van der Waals surface area contributed by atoms with Crippen LogP contribution in [0.5, 0.6) is 0 Å². The molecule has 0 bridgehead atoms. The van der Waals surface area contributed by atoms with Crippen molar-refractivity contribution in [3.63, 3.8) is 0 Å². The van der Waals surface area contributed by atoms with Crippen LogP contribution < -0.4 is 5.32 Å². The number of nitrogens with zero attached hydrogens (tertiary/aromatic N) is 1. The molecule has 3 aromatic rings. The van der Waals surface area contributed by atoms with Gasteiger partial charge in [-0.2, -0.15) is 4.98 Å². The number of amides is 1. The molecule has 0 aliphatic rings. The van der Waals surface area contributed by atoms with Crippen molar-refractivity contribution in [1.29, 1.82) is 0 Å². The molecule has 0 aliphatic heterocycles. The second kappa shape index (κ2) is 6.20. The summed E-state index contributed by atoms with van der Waals surface area (Å²) in [5, 5.41) is 3.22. The second-order valence-corrected chi connectivity index (χ2v) is 5.77. The lowest BCUT2D eigenvalue weighted by molar-refractivity contribution is -0.113. The minimum atomic E-state index is -0.165. The third-order valence-corrected chi connectivity index (χ3v) is 3.96. The number of anilines is 1. The predicted octanol–water partition coefficient (Wildman–Crippen LogP) is 4.21. The zero-order chi connectivity index (χ0) is 14.7. The van der Waals surface area contributed by atoms with Crippen LogP contribution in [0.2, 0.25) is 5.02 Å². The molecule has 21 heavy (non-hydrogen) atoms. The molecule has 0 unspecified atom stereocenters. The van der Waals surface area contributed by atoms with Crippen LogP contribution in [0.4, 0.5) is 6.01 Å². The molecule has 1 amide bonds. The fourth-order valence-corrected chi connectivity index (χ4v) is 2.66. The minimum absolute atomic E-state index is 0.165. The Balaban J connectivity index is 1.63. The number of oxazole rings is 1. The van der Waals surface area contributed by atoms with Crippen LogP contribution in [0.15, 0.2) is 57.8 Å². The van der Waals surface area contributed by atoms with Gasteiger partial charge in [0.15, 0.2) is 5.58 Å². The van der Waals surface area contributed by atoms with Gasteiger partial charge < -0.3 is 4.42 Å². The van der Waals surface area contributed by atoms with Gasteiger partial charge >= 0.3 is 6.01 Å². The zero-order valence-electron chi connectivity index (χ0n) is 10.9. The standard InChI is InChI=1S/C15H11ClN2O2S/c16-10-6-7-13-12(8-10)17-15(20-13)18-14(19)9-21-11-4-2-1-3-5-11/h1-8H,9H2,(H,17,18,19). The lowest BCUT2D eigenvalue weighted by Gasteiger charge is -2.01. The highest BCUT2D eigenvalue weighted by Gasteiger charge is 2.10. The van der Waals surface area contributed by atoms with E-state index in [0.717, 1.165) is 4.90 Å². The van der Waals surface area contributed by atoms with Crippen LogP contribution >= 0.6 is 23.4 Å². The van der Waals surface area contributed by atoms with Crippen molar-refractivity contribution in [2.24, 2.45) is 0 Å². The van der Waals surface area contributed by atoms with Crippen LogP contribution in [0.1, 0.15) is 0 Å². The van der Waals surface area contributed by atoms with E-state index in [1.807, 2.05) is 30.3 Å². The van der Waals surface area contributed by atoms with Crippen molar-refractivity contribution in [2.45, 2.75) is 4.90 Å². The SMILES string of the molecule is O=C(CSc1ccccc1)Nc1nc2cc(Cl)ccc2o1. The Bertz CT molecular complexity index is 774. The first-order valence-electron chi connectivity index (χ1n) is 6.24. The molecule has 1 N–H and O–H groups in total. The molecule has 4 nitrogen and oxygen atoms in total. The normalized spacial score (nSPS) is 10.7. The Hall–Kier alpha value is -1.98. The summed E-state index contributed by atoms with van der Waals surface area (Å²) in [7, 11) is 0. The van der Waals surface area contributed by atoms with Crippen molar-refractivity contribution in [3.05, 3.63) is 53.6 Å². The van der Waals surface area contributed by atoms with Crippen LogP contribution in [-0.2, 0) is 4.79 Å². The molecule has 0 saturated carbocycles. The highest BCUT2D eigenvalue weighted by Crippen LogP contribution is 2.23. The van der Waals surface area contributed by atoms with Gasteiger partial charge in [0.05, 0.1) is 5.75 Å². The lowest BCUT2D eigenvalue weighted by atomic mass is 10.3. The van der Waals surface area contributed by atoms with Gasteiger partial charge in [0, 0.05) is 9.92 Å². The molecule has 0 spiro atoms. The topological polar surface area (TPSA) is 55.1 Å². The molecule has 6 heteroatoms. The van der Waals surface area contributed by atoms with Gasteiger partial charge in [-0.3, -0.25) is 10.1 Å². The van der Waals surface area contributed by atoms with Crippen LogP contribution in [0.25, 0.3) is 11.1 Å². The number of carbonyl (C=O) groups excluding carboxylic acids is 1. The molecule has 106 valence electrons. The van der Waals surface area contributed by atoms with E-state index in [1.165, 1.54) is 11.8 Å². The summed E-state index contributed by atoms with van der Waals surface area (Å²) >= 11 is 7.33. The van der Waals surface area contributed by atoms with E-state index in [9.17, 15) is 4.79 Å². The quantitative estimate of drug-likeness (QED) is 0.732. The van der Waals surface area contributed by atoms with E-state index < -0.39 is 0 Å². The number of fused-ring (bicyclic) bond motifs is 1. The molecule has 0 saturated heterocycles. The summed E-state index contributed by atoms with van der Waals surface area (Å²) in [4.78, 5) is 17.1. The molecule has 0 aliphatic carbocycles. The Morgan fingerprint density at radius 2 is 2.05 bits per heavy atom. The Kier molecular flexibility index (Phi) is 4.13. The maximum atomic E-state index is 11.9. The van der Waals surface area contributed by atoms with Gasteiger partial charge in [-0.05, 0) is 30.3 Å². The number of rotatable bonds is 4. The third kappa shape index (κ3) is 3.56. The second-order valence-electron chi connectivity index (χ2n) is 4.28. The largest absolute Gasteiger partial charge is 0.423 e. The summed E-state index contributed by atoms with van der Waals surface area (Å²) < 4.78 is 5.43. The van der Waals surface area contributed by atoms with Crippen molar-refractivity contribution in [2.75, 3.05) is 11.1 Å². The van der Waals surface area contributed by atoms with Gasteiger partial charge in [-0.25, -0.2) is 0 Å². The monoisotopic (exact) mass is 318 g/mol. The number of hydrogen-bond acceptors (Lipinski definition) is 4. The fourth-order valence-electron chi connectivity index (χ4n) is 1.77. The number of carbonyl (C=O) groups is 1. The van der Waals surface area contributed by atoms with E-state index in [0.29, 0.717) is 21.9 Å². The van der Waals surface area contributed by atoms with Gasteiger partial charge in [-0.1, -0.05) is 29.8 Å². The van der Waals surface area contributed by atoms with E-state index in [1.54, 1.807) is 18.2 Å². The average Bonchev–Trinajstić information content (AvgIpc) is 2.87. The van der Waals surface area contributed by atoms with Crippen molar-refractivity contribution in [3.8, 4) is 0 Å². The predicted molar refractivity (Wildman–Crippen MR) is 84.8 cm³/mol. The van der Waals surface area contributed by atoms with Gasteiger partial charge in [-0.15, -0.1) is 11.8 Å². The molecule has 0 fully saturated rings. The van der Waals surface area contributed by atoms with Gasteiger partial charge in [0.1, 0.15) is 5.52 Å². The number of benzene rings is 2. The van der Waals surface area contributed by atoms with Crippen molar-refractivity contribution >= 4 is 46.4 Å². The Labute approximate surface area is 130 Å². The zero-order valence-corrected chi connectivity index (χ0v) is 12.4.